The molecule has 29 heavy (non-hydrogen) atoms. The third kappa shape index (κ3) is 4.51. The average molecular weight is 446 g/mol. The lowest BCUT2D eigenvalue weighted by molar-refractivity contribution is 0.0973. The molecule has 4 rings (SSSR count). The fourth-order valence-electron chi connectivity index (χ4n) is 2.90. The Balaban J connectivity index is 1.68. The first-order valence-electron chi connectivity index (χ1n) is 8.75. The molecule has 0 radical (unpaired) electrons. The number of ether oxygens (including phenoxy) is 1. The molecule has 1 atom stereocenters. The van der Waals surface area contributed by atoms with Gasteiger partial charge in [0.15, 0.2) is 5.78 Å². The van der Waals surface area contributed by atoms with Gasteiger partial charge >= 0.3 is 0 Å². The van der Waals surface area contributed by atoms with Crippen LogP contribution in [0.15, 0.2) is 78.5 Å². The maximum Gasteiger partial charge on any atom is 0.201 e. The number of halogens is 3. The van der Waals surface area contributed by atoms with Crippen LogP contribution in [0.25, 0.3) is 0 Å². The molecular formula is C22H15Cl3N2O2. The molecule has 3 aromatic carbocycles. The van der Waals surface area contributed by atoms with Crippen LogP contribution in [0, 0.1) is 0 Å². The van der Waals surface area contributed by atoms with E-state index in [0.29, 0.717) is 32.0 Å². The molecule has 0 amide bonds. The summed E-state index contributed by atoms with van der Waals surface area (Å²) >= 11 is 18.0. The summed E-state index contributed by atoms with van der Waals surface area (Å²) in [5.74, 6) is 0.288. The molecule has 0 fully saturated rings. The summed E-state index contributed by atoms with van der Waals surface area (Å²) in [4.78, 5) is 13.2. The number of fused-ring (bicyclic) bond motifs is 1. The van der Waals surface area contributed by atoms with E-state index in [1.165, 1.54) is 0 Å². The molecule has 0 saturated heterocycles. The molecule has 1 aliphatic heterocycles. The molecule has 0 bridgehead atoms. The second kappa shape index (κ2) is 8.37. The zero-order valence-corrected chi connectivity index (χ0v) is 17.2. The second-order valence-corrected chi connectivity index (χ2v) is 7.68. The number of hydrogen-bond acceptors (Lipinski definition) is 4. The lowest BCUT2D eigenvalue weighted by atomic mass is 9.98. The zero-order valence-electron chi connectivity index (χ0n) is 15.0. The van der Waals surface area contributed by atoms with Crippen molar-refractivity contribution in [2.45, 2.75) is 6.23 Å². The molecule has 0 aromatic heterocycles. The Morgan fingerprint density at radius 2 is 1.38 bits per heavy atom. The number of carbonyl (C=O) groups is 1. The highest BCUT2D eigenvalue weighted by atomic mass is 35.5. The minimum atomic E-state index is -0.697. The summed E-state index contributed by atoms with van der Waals surface area (Å²) in [5, 5.41) is 8.07. The van der Waals surface area contributed by atoms with Crippen LogP contribution >= 0.6 is 34.8 Å². The maximum atomic E-state index is 13.2. The lowest BCUT2D eigenvalue weighted by Gasteiger charge is -2.29. The smallest absolute Gasteiger partial charge is 0.201 e. The summed E-state index contributed by atoms with van der Waals surface area (Å²) in [6.45, 7) is 0. The zero-order chi connectivity index (χ0) is 20.4. The van der Waals surface area contributed by atoms with Gasteiger partial charge in [0.25, 0.3) is 0 Å². The highest BCUT2D eigenvalue weighted by molar-refractivity contribution is 6.31. The van der Waals surface area contributed by atoms with E-state index >= 15 is 0 Å². The molecule has 7 heteroatoms. The summed E-state index contributed by atoms with van der Waals surface area (Å²) in [6, 6.07) is 19.3. The van der Waals surface area contributed by atoms with Crippen LogP contribution in [0.4, 0.5) is 11.4 Å². The van der Waals surface area contributed by atoms with Gasteiger partial charge < -0.3 is 15.4 Å². The van der Waals surface area contributed by atoms with Crippen molar-refractivity contribution in [2.75, 3.05) is 10.6 Å². The number of carbonyl (C=O) groups excluding carboxylic acids is 1. The second-order valence-electron chi connectivity index (χ2n) is 6.37. The van der Waals surface area contributed by atoms with Gasteiger partial charge in [-0.25, -0.2) is 0 Å². The van der Waals surface area contributed by atoms with Crippen molar-refractivity contribution in [3.05, 3.63) is 99.1 Å². The topological polar surface area (TPSA) is 50.4 Å². The predicted molar refractivity (Wildman–Crippen MR) is 118 cm³/mol. The Hall–Kier alpha value is -2.66. The maximum absolute atomic E-state index is 13.2. The minimum absolute atomic E-state index is 0.179. The van der Waals surface area contributed by atoms with E-state index in [1.54, 1.807) is 48.7 Å². The van der Waals surface area contributed by atoms with E-state index in [0.717, 1.165) is 11.4 Å². The quantitative estimate of drug-likeness (QED) is 0.441. The fourth-order valence-corrected chi connectivity index (χ4v) is 3.32. The van der Waals surface area contributed by atoms with E-state index < -0.39 is 6.23 Å². The van der Waals surface area contributed by atoms with Crippen LogP contribution in [-0.2, 0) is 0 Å². The van der Waals surface area contributed by atoms with E-state index in [2.05, 4.69) is 10.6 Å². The van der Waals surface area contributed by atoms with Gasteiger partial charge in [0, 0.05) is 32.6 Å². The largest absolute Gasteiger partial charge is 0.466 e. The van der Waals surface area contributed by atoms with E-state index in [4.69, 9.17) is 39.5 Å². The molecule has 146 valence electrons. The molecule has 1 heterocycles. The van der Waals surface area contributed by atoms with Crippen LogP contribution in [0.1, 0.15) is 10.4 Å². The molecule has 1 aliphatic rings. The van der Waals surface area contributed by atoms with Gasteiger partial charge in [-0.05, 0) is 66.7 Å². The molecule has 0 spiro atoms. The number of Topliss-reactive ketones (excluding diaryl/α,β-unsaturated/α-hetero) is 1. The van der Waals surface area contributed by atoms with Gasteiger partial charge in [0.2, 0.25) is 6.23 Å². The first-order valence-corrected chi connectivity index (χ1v) is 9.88. The Morgan fingerprint density at radius 1 is 0.793 bits per heavy atom. The van der Waals surface area contributed by atoms with Gasteiger partial charge in [-0.1, -0.05) is 34.8 Å². The van der Waals surface area contributed by atoms with Crippen molar-refractivity contribution in [1.29, 1.82) is 0 Å². The van der Waals surface area contributed by atoms with E-state index in [9.17, 15) is 4.79 Å². The van der Waals surface area contributed by atoms with Crippen LogP contribution in [0.3, 0.4) is 0 Å². The van der Waals surface area contributed by atoms with E-state index in [1.807, 2.05) is 24.3 Å². The van der Waals surface area contributed by atoms with Gasteiger partial charge in [-0.3, -0.25) is 4.79 Å². The molecular weight excluding hydrogens is 431 g/mol. The summed E-state index contributed by atoms with van der Waals surface area (Å²) in [5.41, 5.74) is 2.37. The van der Waals surface area contributed by atoms with Crippen molar-refractivity contribution in [3.8, 4) is 5.75 Å². The number of rotatable bonds is 4. The first kappa shape index (κ1) is 19.6. The monoisotopic (exact) mass is 444 g/mol. The number of ketones is 1. The normalized spacial score (nSPS) is 16.9. The van der Waals surface area contributed by atoms with Crippen LogP contribution in [-0.4, -0.2) is 12.0 Å². The SMILES string of the molecule is O=C1/C(=C\Nc2ccc(Cl)cc2)C(Nc2ccc(Cl)cc2)Oc2ccc(Cl)cc21. The minimum Gasteiger partial charge on any atom is -0.466 e. The van der Waals surface area contributed by atoms with Gasteiger partial charge in [-0.2, -0.15) is 0 Å². The molecule has 0 saturated carbocycles. The molecule has 3 aromatic rings. The third-order valence-electron chi connectivity index (χ3n) is 4.36. The summed E-state index contributed by atoms with van der Waals surface area (Å²) < 4.78 is 6.06. The Bertz CT molecular complexity index is 1080. The predicted octanol–water partition coefficient (Wildman–Crippen LogP) is 6.66. The number of benzene rings is 3. The van der Waals surface area contributed by atoms with Crippen LogP contribution in [0.2, 0.25) is 15.1 Å². The third-order valence-corrected chi connectivity index (χ3v) is 5.10. The Labute approximate surface area is 183 Å². The van der Waals surface area contributed by atoms with Gasteiger partial charge in [-0.15, -0.1) is 0 Å². The fraction of sp³-hybridized carbons (Fsp3) is 0.0455. The van der Waals surface area contributed by atoms with Crippen LogP contribution in [0.5, 0.6) is 5.75 Å². The van der Waals surface area contributed by atoms with Crippen molar-refractivity contribution < 1.29 is 9.53 Å². The first-order chi connectivity index (χ1) is 14.0. The van der Waals surface area contributed by atoms with Gasteiger partial charge in [0.05, 0.1) is 11.1 Å². The highest BCUT2D eigenvalue weighted by Crippen LogP contribution is 2.33. The molecule has 1 unspecified atom stereocenters. The number of anilines is 2. The van der Waals surface area contributed by atoms with Gasteiger partial charge in [0.1, 0.15) is 5.75 Å². The number of nitrogens with one attached hydrogen (secondary N) is 2. The van der Waals surface area contributed by atoms with Crippen molar-refractivity contribution in [3.63, 3.8) is 0 Å². The van der Waals surface area contributed by atoms with Crippen molar-refractivity contribution >= 4 is 52.0 Å². The van der Waals surface area contributed by atoms with E-state index in [-0.39, 0.29) is 5.78 Å². The van der Waals surface area contributed by atoms with Crippen molar-refractivity contribution in [1.82, 2.24) is 0 Å². The highest BCUT2D eigenvalue weighted by Gasteiger charge is 2.32. The van der Waals surface area contributed by atoms with Crippen LogP contribution < -0.4 is 15.4 Å². The molecule has 4 nitrogen and oxygen atoms in total. The Morgan fingerprint density at radius 3 is 2.03 bits per heavy atom. The Kier molecular flexibility index (Phi) is 5.67. The summed E-state index contributed by atoms with van der Waals surface area (Å²) in [7, 11) is 0. The number of hydrogen-bond donors (Lipinski definition) is 2. The standard InChI is InChI=1S/C22H15Cl3N2O2/c23-13-1-6-16(7-2-13)26-12-19-21(28)18-11-15(25)5-10-20(18)29-22(19)27-17-8-3-14(24)4-9-17/h1-12,22,26-27H/b19-12+. The lowest BCUT2D eigenvalue weighted by Crippen LogP contribution is -2.37. The van der Waals surface area contributed by atoms with Crippen molar-refractivity contribution in [2.24, 2.45) is 0 Å². The molecule has 2 N–H and O–H groups in total. The summed E-state index contributed by atoms with van der Waals surface area (Å²) in [6.07, 6.45) is 0.931. The molecule has 0 aliphatic carbocycles. The average Bonchev–Trinajstić information content (AvgIpc) is 2.71.